The Bertz CT molecular complexity index is 382. The number of rotatable bonds is 7. The number of nitrogens with one attached hydrogen (secondary N) is 1. The summed E-state index contributed by atoms with van der Waals surface area (Å²) in [6.45, 7) is 3.26. The van der Waals surface area contributed by atoms with E-state index in [1.54, 1.807) is 6.92 Å². The van der Waals surface area contributed by atoms with E-state index in [0.717, 1.165) is 12.8 Å². The molecule has 114 valence electrons. The van der Waals surface area contributed by atoms with E-state index in [1.807, 2.05) is 6.92 Å². The fourth-order valence-electron chi connectivity index (χ4n) is 1.78. The number of carboxylic acid groups (broad SMARTS) is 1. The monoisotopic (exact) mass is 285 g/mol. The van der Waals surface area contributed by atoms with Crippen LogP contribution >= 0.6 is 0 Å². The Hall–Kier alpha value is -1.79. The largest absolute Gasteiger partial charge is 0.480 e. The van der Waals surface area contributed by atoms with Crippen molar-refractivity contribution in [2.75, 3.05) is 20.1 Å². The Balaban J connectivity index is 2.56. The van der Waals surface area contributed by atoms with Gasteiger partial charge in [-0.1, -0.05) is 6.92 Å². The molecule has 20 heavy (non-hydrogen) atoms. The Morgan fingerprint density at radius 2 is 1.90 bits per heavy atom. The van der Waals surface area contributed by atoms with Crippen molar-refractivity contribution in [3.8, 4) is 0 Å². The SMILES string of the molecule is CCC(C)N(CC(=O)O)C(=O)N(C)CC(=O)NC1CC1. The molecule has 0 saturated heterocycles. The minimum absolute atomic E-state index is 0.0537. The maximum absolute atomic E-state index is 12.2. The van der Waals surface area contributed by atoms with E-state index in [1.165, 1.54) is 16.8 Å². The second kappa shape index (κ2) is 7.12. The average molecular weight is 285 g/mol. The molecule has 7 heteroatoms. The third-order valence-electron chi connectivity index (χ3n) is 3.32. The number of carboxylic acids is 1. The molecule has 3 amide bonds. The van der Waals surface area contributed by atoms with Crippen molar-refractivity contribution < 1.29 is 19.5 Å². The fraction of sp³-hybridized carbons (Fsp3) is 0.769. The zero-order chi connectivity index (χ0) is 15.3. The Morgan fingerprint density at radius 3 is 2.35 bits per heavy atom. The van der Waals surface area contributed by atoms with Crippen molar-refractivity contribution in [1.29, 1.82) is 0 Å². The lowest BCUT2D eigenvalue weighted by Crippen LogP contribution is -2.50. The molecule has 0 aromatic carbocycles. The molecule has 0 radical (unpaired) electrons. The van der Waals surface area contributed by atoms with E-state index >= 15 is 0 Å². The second-order valence-electron chi connectivity index (χ2n) is 5.26. The van der Waals surface area contributed by atoms with Gasteiger partial charge in [0.15, 0.2) is 0 Å². The van der Waals surface area contributed by atoms with Gasteiger partial charge in [-0.15, -0.1) is 0 Å². The van der Waals surface area contributed by atoms with Gasteiger partial charge in [0, 0.05) is 19.1 Å². The van der Waals surface area contributed by atoms with Gasteiger partial charge in [0.2, 0.25) is 5.91 Å². The smallest absolute Gasteiger partial charge is 0.323 e. The van der Waals surface area contributed by atoms with Crippen LogP contribution in [0.2, 0.25) is 0 Å². The van der Waals surface area contributed by atoms with Crippen LogP contribution in [-0.2, 0) is 9.59 Å². The molecular formula is C13H23N3O4. The van der Waals surface area contributed by atoms with Gasteiger partial charge in [-0.05, 0) is 26.2 Å². The first-order valence-corrected chi connectivity index (χ1v) is 6.88. The zero-order valence-corrected chi connectivity index (χ0v) is 12.3. The number of hydrogen-bond acceptors (Lipinski definition) is 3. The quantitative estimate of drug-likeness (QED) is 0.713. The number of amides is 3. The normalized spacial score (nSPS) is 15.3. The molecular weight excluding hydrogens is 262 g/mol. The highest BCUT2D eigenvalue weighted by Crippen LogP contribution is 2.18. The summed E-state index contributed by atoms with van der Waals surface area (Å²) in [6, 6.07) is -0.379. The van der Waals surface area contributed by atoms with E-state index in [2.05, 4.69) is 5.32 Å². The van der Waals surface area contributed by atoms with Crippen LogP contribution in [0, 0.1) is 0 Å². The number of urea groups is 1. The van der Waals surface area contributed by atoms with Gasteiger partial charge in [0.25, 0.3) is 0 Å². The molecule has 0 aromatic heterocycles. The van der Waals surface area contributed by atoms with Crippen LogP contribution in [0.4, 0.5) is 4.79 Å². The fourth-order valence-corrected chi connectivity index (χ4v) is 1.78. The van der Waals surface area contributed by atoms with Crippen molar-refractivity contribution in [2.45, 2.75) is 45.2 Å². The summed E-state index contributed by atoms with van der Waals surface area (Å²) in [6.07, 6.45) is 2.63. The molecule has 1 unspecified atom stereocenters. The molecule has 0 aromatic rings. The summed E-state index contributed by atoms with van der Waals surface area (Å²) in [5.74, 6) is -1.27. The van der Waals surface area contributed by atoms with Gasteiger partial charge in [0.1, 0.15) is 13.1 Å². The van der Waals surface area contributed by atoms with E-state index < -0.39 is 12.0 Å². The van der Waals surface area contributed by atoms with Crippen molar-refractivity contribution in [2.24, 2.45) is 0 Å². The first-order chi connectivity index (χ1) is 9.35. The predicted molar refractivity (Wildman–Crippen MR) is 73.3 cm³/mol. The van der Waals surface area contributed by atoms with E-state index in [0.29, 0.717) is 6.42 Å². The van der Waals surface area contributed by atoms with E-state index in [-0.39, 0.29) is 31.1 Å². The number of hydrogen-bond donors (Lipinski definition) is 2. The standard InChI is InChI=1S/C13H23N3O4/c1-4-9(2)16(8-12(18)19)13(20)15(3)7-11(17)14-10-5-6-10/h9-10H,4-8H2,1-3H3,(H,14,17)(H,18,19). The van der Waals surface area contributed by atoms with Crippen LogP contribution in [0.5, 0.6) is 0 Å². The third kappa shape index (κ3) is 5.07. The van der Waals surface area contributed by atoms with Crippen LogP contribution in [0.3, 0.4) is 0 Å². The molecule has 1 aliphatic rings. The topological polar surface area (TPSA) is 90.0 Å². The number of nitrogens with zero attached hydrogens (tertiary/aromatic N) is 2. The molecule has 7 nitrogen and oxygen atoms in total. The molecule has 1 aliphatic carbocycles. The second-order valence-corrected chi connectivity index (χ2v) is 5.26. The molecule has 0 heterocycles. The Morgan fingerprint density at radius 1 is 1.30 bits per heavy atom. The van der Waals surface area contributed by atoms with E-state index in [9.17, 15) is 14.4 Å². The maximum Gasteiger partial charge on any atom is 0.323 e. The third-order valence-corrected chi connectivity index (χ3v) is 3.32. The summed E-state index contributed by atoms with van der Waals surface area (Å²) in [5.41, 5.74) is 0. The van der Waals surface area contributed by atoms with Crippen molar-refractivity contribution in [3.63, 3.8) is 0 Å². The van der Waals surface area contributed by atoms with Crippen LogP contribution in [-0.4, -0.2) is 65.0 Å². The first-order valence-electron chi connectivity index (χ1n) is 6.88. The molecule has 1 saturated carbocycles. The summed E-state index contributed by atoms with van der Waals surface area (Å²) in [5, 5.41) is 11.7. The minimum Gasteiger partial charge on any atom is -0.480 e. The minimum atomic E-state index is -1.06. The highest BCUT2D eigenvalue weighted by atomic mass is 16.4. The first kappa shape index (κ1) is 16.3. The maximum atomic E-state index is 12.2. The molecule has 1 fully saturated rings. The lowest BCUT2D eigenvalue weighted by molar-refractivity contribution is -0.138. The lowest BCUT2D eigenvalue weighted by Gasteiger charge is -2.31. The summed E-state index contributed by atoms with van der Waals surface area (Å²) < 4.78 is 0. The van der Waals surface area contributed by atoms with Crippen LogP contribution in [0.1, 0.15) is 33.1 Å². The summed E-state index contributed by atoms with van der Waals surface area (Å²) >= 11 is 0. The van der Waals surface area contributed by atoms with Gasteiger partial charge in [-0.3, -0.25) is 9.59 Å². The molecule has 0 bridgehead atoms. The van der Waals surface area contributed by atoms with Crippen LogP contribution in [0.25, 0.3) is 0 Å². The number of carbonyl (C=O) groups excluding carboxylic acids is 2. The Labute approximate surface area is 118 Å². The van der Waals surface area contributed by atoms with Gasteiger partial charge in [-0.2, -0.15) is 0 Å². The van der Waals surface area contributed by atoms with Gasteiger partial charge < -0.3 is 20.2 Å². The molecule has 2 N–H and O–H groups in total. The molecule has 1 atom stereocenters. The highest BCUT2D eigenvalue weighted by molar-refractivity contribution is 5.86. The van der Waals surface area contributed by atoms with Gasteiger partial charge >= 0.3 is 12.0 Å². The van der Waals surface area contributed by atoms with Crippen LogP contribution in [0.15, 0.2) is 0 Å². The average Bonchev–Trinajstić information content (AvgIpc) is 3.17. The highest BCUT2D eigenvalue weighted by Gasteiger charge is 2.27. The number of likely N-dealkylation sites (N-methyl/N-ethyl adjacent to an activating group) is 1. The Kier molecular flexibility index (Phi) is 5.79. The molecule has 0 aliphatic heterocycles. The zero-order valence-electron chi connectivity index (χ0n) is 12.3. The molecule has 1 rings (SSSR count). The van der Waals surface area contributed by atoms with Gasteiger partial charge in [-0.25, -0.2) is 4.79 Å². The van der Waals surface area contributed by atoms with Crippen molar-refractivity contribution >= 4 is 17.9 Å². The number of aliphatic carboxylic acids is 1. The molecule has 0 spiro atoms. The summed E-state index contributed by atoms with van der Waals surface area (Å²) in [7, 11) is 1.51. The number of carbonyl (C=O) groups is 3. The van der Waals surface area contributed by atoms with Crippen molar-refractivity contribution in [1.82, 2.24) is 15.1 Å². The summed E-state index contributed by atoms with van der Waals surface area (Å²) in [4.78, 5) is 37.2. The van der Waals surface area contributed by atoms with E-state index in [4.69, 9.17) is 5.11 Å². The van der Waals surface area contributed by atoms with Crippen LogP contribution < -0.4 is 5.32 Å². The van der Waals surface area contributed by atoms with Crippen molar-refractivity contribution in [3.05, 3.63) is 0 Å². The van der Waals surface area contributed by atoms with Gasteiger partial charge in [0.05, 0.1) is 0 Å². The lowest BCUT2D eigenvalue weighted by atomic mass is 10.2. The predicted octanol–water partition coefficient (Wildman–Crippen LogP) is 0.502.